The molecule has 3 heteroatoms. The molecule has 2 N–H and O–H groups in total. The predicted molar refractivity (Wildman–Crippen MR) is 65.8 cm³/mol. The molecule has 16 heavy (non-hydrogen) atoms. The number of fused-ring (bicyclic) bond motifs is 1. The predicted octanol–water partition coefficient (Wildman–Crippen LogP) is 2.92. The van der Waals surface area contributed by atoms with Gasteiger partial charge in [0.15, 0.2) is 0 Å². The zero-order chi connectivity index (χ0) is 11.2. The molecule has 0 spiro atoms. The number of hydrogen-bond acceptors (Lipinski definition) is 1. The highest BCUT2D eigenvalue weighted by Crippen LogP contribution is 2.15. The van der Waals surface area contributed by atoms with Crippen LogP contribution in [0.3, 0.4) is 0 Å². The van der Waals surface area contributed by atoms with Crippen molar-refractivity contribution in [3.05, 3.63) is 21.6 Å². The van der Waals surface area contributed by atoms with Gasteiger partial charge in [-0.25, -0.2) is 0 Å². The molecule has 0 radical (unpaired) electrons. The summed E-state index contributed by atoms with van der Waals surface area (Å²) in [4.78, 5) is 11.6. The summed E-state index contributed by atoms with van der Waals surface area (Å²) in [6, 6.07) is 0. The number of aryl methyl sites for hydroxylation is 1. The molecule has 0 fully saturated rings. The van der Waals surface area contributed by atoms with E-state index >= 15 is 0 Å². The number of hydrogen-bond donors (Lipinski definition) is 2. The van der Waals surface area contributed by atoms with Gasteiger partial charge >= 0.3 is 0 Å². The lowest BCUT2D eigenvalue weighted by molar-refractivity contribution is 0.558. The average molecular weight is 222 g/mol. The summed E-state index contributed by atoms with van der Waals surface area (Å²) in [6.07, 6.45) is 12.4. The highest BCUT2D eigenvalue weighted by molar-refractivity contribution is 5.16. The van der Waals surface area contributed by atoms with Gasteiger partial charge in [0.1, 0.15) is 0 Å². The molecule has 0 amide bonds. The van der Waals surface area contributed by atoms with Crippen molar-refractivity contribution < 1.29 is 0 Å². The van der Waals surface area contributed by atoms with Crippen LogP contribution < -0.4 is 5.56 Å². The standard InChI is InChI=1S/C13H22N2O/c16-13-11-9-7-5-3-1-2-4-6-8-10-12(11)14-15-13/h1-10H2,(H2,14,15,16). The van der Waals surface area contributed by atoms with Crippen LogP contribution in [0.2, 0.25) is 0 Å². The summed E-state index contributed by atoms with van der Waals surface area (Å²) in [5.74, 6) is 0. The third kappa shape index (κ3) is 3.00. The number of aromatic nitrogens is 2. The summed E-state index contributed by atoms with van der Waals surface area (Å²) in [5, 5.41) is 5.77. The summed E-state index contributed by atoms with van der Waals surface area (Å²) in [6.45, 7) is 0. The Morgan fingerprint density at radius 3 is 1.94 bits per heavy atom. The molecular formula is C13H22N2O. The van der Waals surface area contributed by atoms with Crippen LogP contribution in [0.4, 0.5) is 0 Å². The molecule has 0 saturated heterocycles. The van der Waals surface area contributed by atoms with E-state index in [4.69, 9.17) is 0 Å². The molecule has 0 bridgehead atoms. The summed E-state index contributed by atoms with van der Waals surface area (Å²) in [5.41, 5.74) is 2.28. The average Bonchev–Trinajstić information content (AvgIpc) is 2.60. The molecule has 2 rings (SSSR count). The Hall–Kier alpha value is -0.990. The van der Waals surface area contributed by atoms with Gasteiger partial charge < -0.3 is 5.10 Å². The quantitative estimate of drug-likeness (QED) is 0.696. The van der Waals surface area contributed by atoms with Crippen molar-refractivity contribution in [1.82, 2.24) is 10.2 Å². The van der Waals surface area contributed by atoms with Gasteiger partial charge in [-0.05, 0) is 25.7 Å². The Labute approximate surface area is 96.6 Å². The topological polar surface area (TPSA) is 48.6 Å². The highest BCUT2D eigenvalue weighted by Gasteiger charge is 2.09. The van der Waals surface area contributed by atoms with Crippen molar-refractivity contribution in [3.8, 4) is 0 Å². The van der Waals surface area contributed by atoms with E-state index in [-0.39, 0.29) is 5.56 Å². The van der Waals surface area contributed by atoms with Crippen LogP contribution in [0.15, 0.2) is 4.79 Å². The molecule has 1 aromatic heterocycles. The monoisotopic (exact) mass is 222 g/mol. The van der Waals surface area contributed by atoms with Gasteiger partial charge in [0.25, 0.3) is 5.56 Å². The van der Waals surface area contributed by atoms with Crippen LogP contribution in [0, 0.1) is 0 Å². The van der Waals surface area contributed by atoms with Crippen molar-refractivity contribution in [2.45, 2.75) is 64.2 Å². The molecule has 1 aliphatic carbocycles. The SMILES string of the molecule is O=c1[nH][nH]c2c1CCCCCCCCCC2. The molecule has 0 saturated carbocycles. The zero-order valence-corrected chi connectivity index (χ0v) is 9.98. The molecular weight excluding hydrogens is 200 g/mol. The maximum atomic E-state index is 11.6. The first kappa shape index (κ1) is 11.5. The van der Waals surface area contributed by atoms with E-state index in [0.717, 1.165) is 30.5 Å². The third-order valence-electron chi connectivity index (χ3n) is 3.57. The van der Waals surface area contributed by atoms with E-state index < -0.39 is 0 Å². The fourth-order valence-electron chi connectivity index (χ4n) is 2.56. The van der Waals surface area contributed by atoms with Crippen molar-refractivity contribution in [3.63, 3.8) is 0 Å². The summed E-state index contributed by atoms with van der Waals surface area (Å²) >= 11 is 0. The molecule has 90 valence electrons. The molecule has 1 aliphatic rings. The van der Waals surface area contributed by atoms with Crippen LogP contribution in [0.5, 0.6) is 0 Å². The molecule has 0 aliphatic heterocycles. The fourth-order valence-corrected chi connectivity index (χ4v) is 2.56. The van der Waals surface area contributed by atoms with Gasteiger partial charge in [0, 0.05) is 11.3 Å². The van der Waals surface area contributed by atoms with Crippen LogP contribution in [0.25, 0.3) is 0 Å². The van der Waals surface area contributed by atoms with Crippen LogP contribution in [-0.4, -0.2) is 10.2 Å². The second-order valence-electron chi connectivity index (χ2n) is 4.86. The number of nitrogens with one attached hydrogen (secondary N) is 2. The lowest BCUT2D eigenvalue weighted by Gasteiger charge is -2.06. The Morgan fingerprint density at radius 1 is 0.688 bits per heavy atom. The molecule has 3 nitrogen and oxygen atoms in total. The van der Waals surface area contributed by atoms with Crippen molar-refractivity contribution in [2.75, 3.05) is 0 Å². The first-order chi connectivity index (χ1) is 7.88. The van der Waals surface area contributed by atoms with Crippen molar-refractivity contribution in [1.29, 1.82) is 0 Å². The number of aromatic amines is 2. The number of rotatable bonds is 0. The zero-order valence-electron chi connectivity index (χ0n) is 9.98. The van der Waals surface area contributed by atoms with Gasteiger partial charge in [0.05, 0.1) is 0 Å². The number of H-pyrrole nitrogens is 2. The Bertz CT molecular complexity index is 364. The minimum atomic E-state index is 0.104. The van der Waals surface area contributed by atoms with Gasteiger partial charge in [0.2, 0.25) is 0 Å². The van der Waals surface area contributed by atoms with E-state index in [2.05, 4.69) is 10.2 Å². The maximum Gasteiger partial charge on any atom is 0.267 e. The maximum absolute atomic E-state index is 11.6. The van der Waals surface area contributed by atoms with Crippen LogP contribution >= 0.6 is 0 Å². The van der Waals surface area contributed by atoms with Crippen LogP contribution in [-0.2, 0) is 12.8 Å². The smallest absolute Gasteiger partial charge is 0.267 e. The Morgan fingerprint density at radius 2 is 1.25 bits per heavy atom. The lowest BCUT2D eigenvalue weighted by atomic mass is 10.00. The Balaban J connectivity index is 2.03. The lowest BCUT2D eigenvalue weighted by Crippen LogP contribution is -2.07. The fraction of sp³-hybridized carbons (Fsp3) is 0.769. The van der Waals surface area contributed by atoms with E-state index in [0.29, 0.717) is 0 Å². The molecule has 1 heterocycles. The van der Waals surface area contributed by atoms with Crippen molar-refractivity contribution in [2.24, 2.45) is 0 Å². The Kier molecular flexibility index (Phi) is 4.25. The van der Waals surface area contributed by atoms with Gasteiger partial charge in [-0.15, -0.1) is 0 Å². The minimum Gasteiger partial charge on any atom is -0.302 e. The molecule has 0 aromatic carbocycles. The largest absolute Gasteiger partial charge is 0.302 e. The van der Waals surface area contributed by atoms with E-state index in [1.54, 1.807) is 0 Å². The third-order valence-corrected chi connectivity index (χ3v) is 3.57. The molecule has 1 aromatic rings. The first-order valence-corrected chi connectivity index (χ1v) is 6.66. The van der Waals surface area contributed by atoms with E-state index in [9.17, 15) is 4.79 Å². The molecule has 0 unspecified atom stereocenters. The second-order valence-corrected chi connectivity index (χ2v) is 4.86. The summed E-state index contributed by atoms with van der Waals surface area (Å²) in [7, 11) is 0. The second kappa shape index (κ2) is 5.92. The van der Waals surface area contributed by atoms with E-state index in [1.807, 2.05) is 0 Å². The minimum absolute atomic E-state index is 0.104. The van der Waals surface area contributed by atoms with Gasteiger partial charge in [-0.3, -0.25) is 9.89 Å². The first-order valence-electron chi connectivity index (χ1n) is 6.66. The summed E-state index contributed by atoms with van der Waals surface area (Å²) < 4.78 is 0. The van der Waals surface area contributed by atoms with E-state index in [1.165, 1.54) is 44.9 Å². The van der Waals surface area contributed by atoms with Gasteiger partial charge in [-0.1, -0.05) is 38.5 Å². The molecule has 0 atom stereocenters. The van der Waals surface area contributed by atoms with Crippen molar-refractivity contribution >= 4 is 0 Å². The van der Waals surface area contributed by atoms with Crippen LogP contribution in [0.1, 0.15) is 62.6 Å². The van der Waals surface area contributed by atoms with Gasteiger partial charge in [-0.2, -0.15) is 0 Å². The normalized spacial score (nSPS) is 19.5. The highest BCUT2D eigenvalue weighted by atomic mass is 16.1.